The number of fused-ring (bicyclic) bond motifs is 1. The molecule has 174 valence electrons. The van der Waals surface area contributed by atoms with Gasteiger partial charge in [0.05, 0.1) is 48.5 Å². The molecule has 1 amide bonds. The third-order valence-electron chi connectivity index (χ3n) is 5.54. The summed E-state index contributed by atoms with van der Waals surface area (Å²) < 4.78 is 10.9. The second kappa shape index (κ2) is 10.8. The number of carbonyl (C=O) groups is 1. The Balaban J connectivity index is 1.65. The van der Waals surface area contributed by atoms with Gasteiger partial charge >= 0.3 is 0 Å². The van der Waals surface area contributed by atoms with Gasteiger partial charge in [-0.15, -0.1) is 0 Å². The molecule has 0 saturated heterocycles. The minimum atomic E-state index is -0.530. The minimum Gasteiger partial charge on any atom is -0.495 e. The summed E-state index contributed by atoms with van der Waals surface area (Å²) in [7, 11) is 3.20. The summed E-state index contributed by atoms with van der Waals surface area (Å²) >= 11 is 0. The van der Waals surface area contributed by atoms with Crippen molar-refractivity contribution >= 4 is 29.0 Å². The third kappa shape index (κ3) is 5.01. The summed E-state index contributed by atoms with van der Waals surface area (Å²) in [6, 6.07) is 20.3. The van der Waals surface area contributed by atoms with E-state index in [4.69, 9.17) is 9.47 Å². The molecule has 0 radical (unpaired) electrons. The van der Waals surface area contributed by atoms with E-state index in [1.54, 1.807) is 19.2 Å². The predicted molar refractivity (Wildman–Crippen MR) is 132 cm³/mol. The normalized spacial score (nSPS) is 12.2. The van der Waals surface area contributed by atoms with E-state index >= 15 is 0 Å². The summed E-state index contributed by atoms with van der Waals surface area (Å²) in [5.74, 6) is 0.0753. The van der Waals surface area contributed by atoms with Crippen LogP contribution in [0.1, 0.15) is 38.8 Å². The number of H-pyrrole nitrogens is 1. The average molecular weight is 458 g/mol. The number of hydrogen-bond acceptors (Lipinski definition) is 5. The summed E-state index contributed by atoms with van der Waals surface area (Å²) in [5, 5.41) is 20.8. The van der Waals surface area contributed by atoms with E-state index in [2.05, 4.69) is 15.5 Å². The molecule has 0 aliphatic rings. The Morgan fingerprint density at radius 1 is 1.09 bits per heavy atom. The summed E-state index contributed by atoms with van der Waals surface area (Å²) in [6.45, 7) is 0.320. The first kappa shape index (κ1) is 23.2. The maximum atomic E-state index is 13.2. The molecular weight excluding hydrogens is 430 g/mol. The van der Waals surface area contributed by atoms with Crippen LogP contribution < -0.4 is 10.1 Å². The first-order valence-electron chi connectivity index (χ1n) is 10.9. The van der Waals surface area contributed by atoms with Crippen molar-refractivity contribution in [2.75, 3.05) is 20.8 Å². The van der Waals surface area contributed by atoms with Gasteiger partial charge in [-0.25, -0.2) is 0 Å². The lowest BCUT2D eigenvalue weighted by Crippen LogP contribution is -2.31. The molecule has 3 aromatic carbocycles. The molecular formula is C27H27N3O4. The molecule has 1 heterocycles. The van der Waals surface area contributed by atoms with E-state index in [0.717, 1.165) is 22.4 Å². The number of aliphatic hydroxyl groups is 1. The van der Waals surface area contributed by atoms with Gasteiger partial charge in [0.2, 0.25) is 0 Å². The fraction of sp³-hybridized carbons (Fsp3) is 0.185. The van der Waals surface area contributed by atoms with E-state index in [1.807, 2.05) is 66.7 Å². The highest BCUT2D eigenvalue weighted by molar-refractivity contribution is 6.05. The van der Waals surface area contributed by atoms with Gasteiger partial charge in [-0.2, -0.15) is 5.10 Å². The second-order valence-corrected chi connectivity index (χ2v) is 7.81. The molecule has 3 N–H and O–H groups in total. The highest BCUT2D eigenvalue weighted by Crippen LogP contribution is 2.32. The minimum absolute atomic E-state index is 0.220. The van der Waals surface area contributed by atoms with Crippen LogP contribution in [-0.2, 0) is 11.3 Å². The lowest BCUT2D eigenvalue weighted by Gasteiger charge is -2.18. The smallest absolute Gasteiger partial charge is 0.255 e. The Bertz CT molecular complexity index is 1300. The van der Waals surface area contributed by atoms with Crippen LogP contribution in [0.15, 0.2) is 66.7 Å². The first-order chi connectivity index (χ1) is 16.6. The van der Waals surface area contributed by atoms with Crippen molar-refractivity contribution in [2.24, 2.45) is 0 Å². The van der Waals surface area contributed by atoms with Crippen molar-refractivity contribution in [3.8, 4) is 5.75 Å². The maximum Gasteiger partial charge on any atom is 0.255 e. The van der Waals surface area contributed by atoms with E-state index < -0.39 is 6.04 Å². The zero-order chi connectivity index (χ0) is 23.9. The Morgan fingerprint density at radius 2 is 1.91 bits per heavy atom. The number of nitrogens with one attached hydrogen (secondary N) is 2. The maximum absolute atomic E-state index is 13.2. The Morgan fingerprint density at radius 3 is 2.65 bits per heavy atom. The van der Waals surface area contributed by atoms with Crippen LogP contribution in [0.4, 0.5) is 0 Å². The van der Waals surface area contributed by atoms with Crippen LogP contribution in [0.2, 0.25) is 0 Å². The third-order valence-corrected chi connectivity index (χ3v) is 5.54. The molecule has 0 unspecified atom stereocenters. The predicted octanol–water partition coefficient (Wildman–Crippen LogP) is 4.35. The van der Waals surface area contributed by atoms with E-state index in [0.29, 0.717) is 28.8 Å². The van der Waals surface area contributed by atoms with Crippen molar-refractivity contribution in [3.05, 3.63) is 94.7 Å². The molecule has 1 atom stereocenters. The molecule has 1 aromatic heterocycles. The van der Waals surface area contributed by atoms with Crippen LogP contribution in [0.25, 0.3) is 23.1 Å². The quantitative estimate of drug-likeness (QED) is 0.347. The number of hydrogen-bond donors (Lipinski definition) is 3. The van der Waals surface area contributed by atoms with Crippen molar-refractivity contribution in [3.63, 3.8) is 0 Å². The van der Waals surface area contributed by atoms with Crippen molar-refractivity contribution < 1.29 is 19.4 Å². The SMILES string of the molecule is COCc1cccc(C=Cc2[nH]nc3ccc(C(=O)N[C@H](CO)c4ccccc4)c(OC)c23)c1. The van der Waals surface area contributed by atoms with Gasteiger partial charge in [0, 0.05) is 7.11 Å². The number of benzene rings is 3. The monoisotopic (exact) mass is 457 g/mol. The number of nitrogens with zero attached hydrogens (tertiary/aromatic N) is 1. The standard InChI is InChI=1S/C27H27N3O4/c1-33-17-19-8-6-7-18(15-19)11-13-22-25-23(30-29-22)14-12-21(26(25)34-2)27(32)28-24(16-31)20-9-4-3-5-10-20/h3-15,24,31H,16-17H2,1-2H3,(H,28,32)(H,29,30)/t24-/m1/s1. The lowest BCUT2D eigenvalue weighted by atomic mass is 10.0. The first-order valence-corrected chi connectivity index (χ1v) is 10.9. The van der Waals surface area contributed by atoms with Gasteiger partial charge in [0.1, 0.15) is 5.75 Å². The Labute approximate surface area is 198 Å². The van der Waals surface area contributed by atoms with Crippen LogP contribution >= 0.6 is 0 Å². The van der Waals surface area contributed by atoms with Gasteiger partial charge < -0.3 is 19.9 Å². The molecule has 7 heteroatoms. The van der Waals surface area contributed by atoms with Crippen molar-refractivity contribution in [2.45, 2.75) is 12.6 Å². The number of aliphatic hydroxyl groups excluding tert-OH is 1. The van der Waals surface area contributed by atoms with Crippen molar-refractivity contribution in [1.82, 2.24) is 15.5 Å². The molecule has 0 bridgehead atoms. The van der Waals surface area contributed by atoms with E-state index in [-0.39, 0.29) is 12.5 Å². The van der Waals surface area contributed by atoms with Crippen LogP contribution in [0.3, 0.4) is 0 Å². The zero-order valence-corrected chi connectivity index (χ0v) is 19.1. The molecule has 7 nitrogen and oxygen atoms in total. The molecule has 0 spiro atoms. The van der Waals surface area contributed by atoms with Crippen LogP contribution in [-0.4, -0.2) is 42.0 Å². The summed E-state index contributed by atoms with van der Waals surface area (Å²) in [6.07, 6.45) is 3.88. The number of aromatic nitrogens is 2. The van der Waals surface area contributed by atoms with Crippen molar-refractivity contribution in [1.29, 1.82) is 0 Å². The fourth-order valence-corrected chi connectivity index (χ4v) is 3.90. The molecule has 0 aliphatic carbocycles. The lowest BCUT2D eigenvalue weighted by molar-refractivity contribution is 0.0913. The van der Waals surface area contributed by atoms with E-state index in [9.17, 15) is 9.90 Å². The highest BCUT2D eigenvalue weighted by atomic mass is 16.5. The average Bonchev–Trinajstić information content (AvgIpc) is 3.29. The van der Waals surface area contributed by atoms with Gasteiger partial charge in [-0.1, -0.05) is 54.6 Å². The number of methoxy groups -OCH3 is 2. The van der Waals surface area contributed by atoms with Crippen LogP contribution in [0.5, 0.6) is 5.75 Å². The van der Waals surface area contributed by atoms with Gasteiger partial charge in [-0.3, -0.25) is 9.89 Å². The number of carbonyl (C=O) groups excluding carboxylic acids is 1. The molecule has 4 rings (SSSR count). The molecule has 0 saturated carbocycles. The number of amides is 1. The fourth-order valence-electron chi connectivity index (χ4n) is 3.90. The zero-order valence-electron chi connectivity index (χ0n) is 19.1. The number of aromatic amines is 1. The summed E-state index contributed by atoms with van der Waals surface area (Å²) in [5.41, 5.74) is 4.68. The number of ether oxygens (including phenoxy) is 2. The molecule has 0 aliphatic heterocycles. The second-order valence-electron chi connectivity index (χ2n) is 7.81. The van der Waals surface area contributed by atoms with Gasteiger partial charge in [0.25, 0.3) is 5.91 Å². The molecule has 0 fully saturated rings. The molecule has 4 aromatic rings. The van der Waals surface area contributed by atoms with Gasteiger partial charge in [-0.05, 0) is 41.0 Å². The molecule has 34 heavy (non-hydrogen) atoms. The number of rotatable bonds is 9. The highest BCUT2D eigenvalue weighted by Gasteiger charge is 2.21. The summed E-state index contributed by atoms with van der Waals surface area (Å²) in [4.78, 5) is 13.2. The Kier molecular flexibility index (Phi) is 7.37. The van der Waals surface area contributed by atoms with Crippen LogP contribution in [0, 0.1) is 0 Å². The largest absolute Gasteiger partial charge is 0.495 e. The Hall–Kier alpha value is -3.94. The van der Waals surface area contributed by atoms with Gasteiger partial charge in [0.15, 0.2) is 0 Å². The topological polar surface area (TPSA) is 96.5 Å². The van der Waals surface area contributed by atoms with E-state index in [1.165, 1.54) is 7.11 Å².